The molecule has 0 fully saturated rings. The molecule has 0 aliphatic heterocycles. The molecule has 0 atom stereocenters. The molecule has 1 amide bonds. The van der Waals surface area contributed by atoms with Crippen molar-refractivity contribution in [3.05, 3.63) is 45.1 Å². The maximum absolute atomic E-state index is 12.0. The van der Waals surface area contributed by atoms with Crippen LogP contribution >= 0.6 is 22.9 Å². The van der Waals surface area contributed by atoms with E-state index in [1.165, 1.54) is 29.5 Å². The first-order chi connectivity index (χ1) is 8.99. The Kier molecular flexibility index (Phi) is 3.73. The number of carboxylic acids is 1. The molecule has 19 heavy (non-hydrogen) atoms. The minimum absolute atomic E-state index is 0.0322. The van der Waals surface area contributed by atoms with Crippen molar-refractivity contribution in [2.24, 2.45) is 0 Å². The number of nitrogens with one attached hydrogen (secondary N) is 1. The van der Waals surface area contributed by atoms with E-state index < -0.39 is 11.9 Å². The number of carboxylic acid groups (broad SMARTS) is 1. The van der Waals surface area contributed by atoms with E-state index in [2.05, 4.69) is 5.32 Å². The van der Waals surface area contributed by atoms with Crippen LogP contribution in [0.5, 0.6) is 0 Å². The van der Waals surface area contributed by atoms with Gasteiger partial charge in [-0.2, -0.15) is 0 Å². The van der Waals surface area contributed by atoms with Crippen molar-refractivity contribution in [1.82, 2.24) is 0 Å². The molecule has 0 spiro atoms. The predicted octanol–water partition coefficient (Wildman–Crippen LogP) is 2.93. The number of nitrogen functional groups attached to an aromatic ring is 1. The highest BCUT2D eigenvalue weighted by Crippen LogP contribution is 2.25. The van der Waals surface area contributed by atoms with Crippen molar-refractivity contribution >= 4 is 46.2 Å². The number of thiophene rings is 1. The van der Waals surface area contributed by atoms with Gasteiger partial charge in [0.15, 0.2) is 0 Å². The number of nitrogens with two attached hydrogens (primary N) is 1. The van der Waals surface area contributed by atoms with E-state index in [9.17, 15) is 9.59 Å². The van der Waals surface area contributed by atoms with Gasteiger partial charge in [0.25, 0.3) is 5.91 Å². The molecule has 0 unspecified atom stereocenters. The van der Waals surface area contributed by atoms with Crippen molar-refractivity contribution in [1.29, 1.82) is 0 Å². The third-order valence-corrected chi connectivity index (χ3v) is 3.69. The summed E-state index contributed by atoms with van der Waals surface area (Å²) in [6.45, 7) is 0. The number of halogens is 1. The summed E-state index contributed by atoms with van der Waals surface area (Å²) >= 11 is 7.02. The number of rotatable bonds is 3. The molecule has 0 aliphatic carbocycles. The van der Waals surface area contributed by atoms with E-state index >= 15 is 0 Å². The third-order valence-electron chi connectivity index (χ3n) is 2.35. The average molecular weight is 297 g/mol. The minimum atomic E-state index is -1.15. The van der Waals surface area contributed by atoms with Crippen molar-refractivity contribution in [2.45, 2.75) is 0 Å². The monoisotopic (exact) mass is 296 g/mol. The van der Waals surface area contributed by atoms with Gasteiger partial charge in [0.05, 0.1) is 16.3 Å². The van der Waals surface area contributed by atoms with Crippen molar-refractivity contribution in [3.8, 4) is 0 Å². The van der Waals surface area contributed by atoms with Crippen LogP contribution in [-0.4, -0.2) is 17.0 Å². The standard InChI is InChI=1S/C12H9ClN2O3S/c13-8-3-4-19-10(8)11(16)15-9-5-6(14)1-2-7(9)12(17)18/h1-5H,14H2,(H,15,16)(H,17,18). The fourth-order valence-electron chi connectivity index (χ4n) is 1.49. The SMILES string of the molecule is Nc1ccc(C(=O)O)c(NC(=O)c2sccc2Cl)c1. The molecule has 5 nitrogen and oxygen atoms in total. The van der Waals surface area contributed by atoms with Crippen molar-refractivity contribution in [3.63, 3.8) is 0 Å². The molecule has 0 bridgehead atoms. The topological polar surface area (TPSA) is 92.4 Å². The number of amides is 1. The first kappa shape index (κ1) is 13.4. The summed E-state index contributed by atoms with van der Waals surface area (Å²) in [5.41, 5.74) is 6.05. The molecule has 0 aliphatic rings. The molecule has 4 N–H and O–H groups in total. The van der Waals surface area contributed by atoms with Crippen molar-refractivity contribution < 1.29 is 14.7 Å². The maximum atomic E-state index is 12.0. The molecule has 0 radical (unpaired) electrons. The van der Waals surface area contributed by atoms with E-state index in [1.807, 2.05) is 0 Å². The van der Waals surface area contributed by atoms with Crippen LogP contribution in [0.4, 0.5) is 11.4 Å². The Morgan fingerprint density at radius 2 is 2.05 bits per heavy atom. The second-order valence-electron chi connectivity index (χ2n) is 3.66. The summed E-state index contributed by atoms with van der Waals surface area (Å²) in [4.78, 5) is 23.3. The summed E-state index contributed by atoms with van der Waals surface area (Å²) in [6.07, 6.45) is 0. The van der Waals surface area contributed by atoms with Crippen LogP contribution < -0.4 is 11.1 Å². The summed E-state index contributed by atoms with van der Waals surface area (Å²) in [5.74, 6) is -1.61. The number of aromatic carboxylic acids is 1. The number of carbonyl (C=O) groups excluding carboxylic acids is 1. The van der Waals surface area contributed by atoms with E-state index in [1.54, 1.807) is 11.4 Å². The second kappa shape index (κ2) is 5.29. The van der Waals surface area contributed by atoms with Crippen LogP contribution in [-0.2, 0) is 0 Å². The minimum Gasteiger partial charge on any atom is -0.478 e. The summed E-state index contributed by atoms with van der Waals surface area (Å²) in [7, 11) is 0. The lowest BCUT2D eigenvalue weighted by molar-refractivity contribution is 0.0698. The average Bonchev–Trinajstić information content (AvgIpc) is 2.75. The van der Waals surface area contributed by atoms with Crippen LogP contribution in [0.25, 0.3) is 0 Å². The molecule has 98 valence electrons. The molecule has 1 aromatic heterocycles. The number of benzene rings is 1. The fourth-order valence-corrected chi connectivity index (χ4v) is 2.52. The van der Waals surface area contributed by atoms with Crippen LogP contribution in [0.2, 0.25) is 5.02 Å². The first-order valence-electron chi connectivity index (χ1n) is 5.16. The maximum Gasteiger partial charge on any atom is 0.337 e. The molecule has 7 heteroatoms. The lowest BCUT2D eigenvalue weighted by Crippen LogP contribution is -2.14. The molecule has 2 aromatic rings. The van der Waals surface area contributed by atoms with Gasteiger partial charge in [-0.3, -0.25) is 4.79 Å². The zero-order valence-corrected chi connectivity index (χ0v) is 11.1. The Morgan fingerprint density at radius 3 is 2.63 bits per heavy atom. The summed E-state index contributed by atoms with van der Waals surface area (Å²) in [6, 6.07) is 5.78. The first-order valence-corrected chi connectivity index (χ1v) is 6.42. The van der Waals surface area contributed by atoms with Gasteiger partial charge in [-0.1, -0.05) is 11.6 Å². The van der Waals surface area contributed by atoms with Crippen LogP contribution in [0.15, 0.2) is 29.6 Å². The summed E-state index contributed by atoms with van der Waals surface area (Å²) < 4.78 is 0. The van der Waals surface area contributed by atoms with Gasteiger partial charge in [0, 0.05) is 5.69 Å². The van der Waals surface area contributed by atoms with Gasteiger partial charge in [-0.05, 0) is 29.6 Å². The van der Waals surface area contributed by atoms with Crippen molar-refractivity contribution in [2.75, 3.05) is 11.1 Å². The zero-order valence-electron chi connectivity index (χ0n) is 9.51. The Balaban J connectivity index is 2.33. The molecular weight excluding hydrogens is 288 g/mol. The highest BCUT2D eigenvalue weighted by atomic mass is 35.5. The quantitative estimate of drug-likeness (QED) is 0.759. The Hall–Kier alpha value is -2.05. The van der Waals surface area contributed by atoms with Gasteiger partial charge in [-0.25, -0.2) is 4.79 Å². The highest BCUT2D eigenvalue weighted by molar-refractivity contribution is 7.12. The van der Waals surface area contributed by atoms with Gasteiger partial charge in [0.1, 0.15) is 4.88 Å². The Labute approximate surface area is 117 Å². The van der Waals surface area contributed by atoms with Crippen LogP contribution in [0, 0.1) is 0 Å². The second-order valence-corrected chi connectivity index (χ2v) is 4.99. The van der Waals surface area contributed by atoms with E-state index in [4.69, 9.17) is 22.4 Å². The number of carbonyl (C=O) groups is 2. The van der Waals surface area contributed by atoms with E-state index in [0.29, 0.717) is 15.6 Å². The van der Waals surface area contributed by atoms with Crippen LogP contribution in [0.3, 0.4) is 0 Å². The smallest absolute Gasteiger partial charge is 0.337 e. The lowest BCUT2D eigenvalue weighted by Gasteiger charge is -2.08. The van der Waals surface area contributed by atoms with Gasteiger partial charge >= 0.3 is 5.97 Å². The zero-order chi connectivity index (χ0) is 14.0. The molecule has 1 heterocycles. The van der Waals surface area contributed by atoms with E-state index in [0.717, 1.165) is 0 Å². The largest absolute Gasteiger partial charge is 0.478 e. The number of hydrogen-bond acceptors (Lipinski definition) is 4. The van der Waals surface area contributed by atoms with Gasteiger partial charge in [0.2, 0.25) is 0 Å². The predicted molar refractivity (Wildman–Crippen MR) is 75.1 cm³/mol. The Bertz CT molecular complexity index is 654. The van der Waals surface area contributed by atoms with Gasteiger partial charge < -0.3 is 16.2 Å². The number of hydrogen-bond donors (Lipinski definition) is 3. The van der Waals surface area contributed by atoms with Gasteiger partial charge in [-0.15, -0.1) is 11.3 Å². The third kappa shape index (κ3) is 2.86. The molecule has 1 aromatic carbocycles. The molecular formula is C12H9ClN2O3S. The highest BCUT2D eigenvalue weighted by Gasteiger charge is 2.16. The molecule has 0 saturated heterocycles. The normalized spacial score (nSPS) is 10.2. The van der Waals surface area contributed by atoms with E-state index in [-0.39, 0.29) is 11.3 Å². The molecule has 0 saturated carbocycles. The number of anilines is 2. The van der Waals surface area contributed by atoms with Crippen LogP contribution in [0.1, 0.15) is 20.0 Å². The summed E-state index contributed by atoms with van der Waals surface area (Å²) in [5, 5.41) is 13.5. The fraction of sp³-hybridized carbons (Fsp3) is 0. The lowest BCUT2D eigenvalue weighted by atomic mass is 10.1. The molecule has 2 rings (SSSR count). The Morgan fingerprint density at radius 1 is 1.32 bits per heavy atom.